The molecule has 2 saturated heterocycles. The number of fused-ring (bicyclic) bond motifs is 1. The predicted molar refractivity (Wildman–Crippen MR) is 108 cm³/mol. The van der Waals surface area contributed by atoms with Gasteiger partial charge in [-0.2, -0.15) is 4.31 Å². The van der Waals surface area contributed by atoms with Crippen LogP contribution in [0, 0.1) is 0 Å². The first-order valence-electron chi connectivity index (χ1n) is 9.76. The normalized spacial score (nSPS) is 20.6. The molecule has 4 rings (SSSR count). The van der Waals surface area contributed by atoms with Gasteiger partial charge in [-0.25, -0.2) is 8.42 Å². The number of carbonyl (C=O) groups excluding carboxylic acids is 2. The zero-order valence-corrected chi connectivity index (χ0v) is 17.4. The molecule has 0 aromatic heterocycles. The minimum Gasteiger partial charge on any atom is -0.340 e. The van der Waals surface area contributed by atoms with Gasteiger partial charge in [0.15, 0.2) is 0 Å². The van der Waals surface area contributed by atoms with E-state index in [-0.39, 0.29) is 11.1 Å². The molecular weight excluding hydrogens is 398 g/mol. The number of hydrogen-bond donors (Lipinski definition) is 0. The van der Waals surface area contributed by atoms with E-state index in [1.165, 1.54) is 21.6 Å². The van der Waals surface area contributed by atoms with Crippen LogP contribution < -0.4 is 0 Å². The molecule has 3 aliphatic rings. The molecule has 0 N–H and O–H groups in total. The third-order valence-corrected chi connectivity index (χ3v) is 8.53. The minimum absolute atomic E-state index is 0.0146. The van der Waals surface area contributed by atoms with E-state index in [9.17, 15) is 18.0 Å². The van der Waals surface area contributed by atoms with Gasteiger partial charge in [0.2, 0.25) is 15.9 Å². The van der Waals surface area contributed by atoms with E-state index in [1.54, 1.807) is 15.9 Å². The highest BCUT2D eigenvalue weighted by Gasteiger charge is 2.31. The van der Waals surface area contributed by atoms with Crippen LogP contribution in [0.25, 0.3) is 0 Å². The maximum Gasteiger partial charge on any atom is 0.281 e. The third kappa shape index (κ3) is 3.92. The Bertz CT molecular complexity index is 879. The smallest absolute Gasteiger partial charge is 0.281 e. The second-order valence-electron chi connectivity index (χ2n) is 7.42. The first kappa shape index (κ1) is 19.7. The van der Waals surface area contributed by atoms with E-state index in [0.717, 1.165) is 30.6 Å². The summed E-state index contributed by atoms with van der Waals surface area (Å²) < 4.78 is 27.4. The molecule has 1 aliphatic carbocycles. The van der Waals surface area contributed by atoms with Crippen LogP contribution in [0.15, 0.2) is 23.1 Å². The second kappa shape index (κ2) is 8.04. The van der Waals surface area contributed by atoms with E-state index in [1.807, 2.05) is 12.1 Å². The number of thioether (sulfide) groups is 1. The number of amides is 2. The lowest BCUT2D eigenvalue weighted by molar-refractivity contribution is -0.132. The van der Waals surface area contributed by atoms with Gasteiger partial charge in [0.05, 0.1) is 4.90 Å². The number of hydrogen-bond acceptors (Lipinski definition) is 5. The van der Waals surface area contributed by atoms with Crippen LogP contribution in [0.1, 0.15) is 24.0 Å². The molecule has 1 aromatic rings. The van der Waals surface area contributed by atoms with E-state index in [0.29, 0.717) is 50.6 Å². The van der Waals surface area contributed by atoms with Crippen LogP contribution in [0.2, 0.25) is 0 Å². The van der Waals surface area contributed by atoms with Crippen molar-refractivity contribution in [2.45, 2.75) is 30.6 Å². The SMILES string of the molecule is O=C(CCN1CCSC1=O)N1CCN(S(=O)(=O)c2ccc3c(c2)CCC3)CC1. The van der Waals surface area contributed by atoms with Crippen molar-refractivity contribution in [1.29, 1.82) is 0 Å². The number of aryl methyl sites for hydroxylation is 2. The molecular formula is C19H25N3O4S2. The molecule has 7 nitrogen and oxygen atoms in total. The van der Waals surface area contributed by atoms with Gasteiger partial charge >= 0.3 is 0 Å². The highest BCUT2D eigenvalue weighted by Crippen LogP contribution is 2.27. The van der Waals surface area contributed by atoms with Gasteiger partial charge in [-0.3, -0.25) is 9.59 Å². The standard InChI is InChI=1S/C19H25N3O4S2/c23-18(6-7-21-12-13-27-19(21)24)20-8-10-22(11-9-20)28(25,26)17-5-4-15-2-1-3-16(15)14-17/h4-5,14H,1-3,6-13H2. The zero-order valence-electron chi connectivity index (χ0n) is 15.8. The topological polar surface area (TPSA) is 78.0 Å². The molecule has 0 saturated carbocycles. The second-order valence-corrected chi connectivity index (χ2v) is 10.4. The Morgan fingerprint density at radius 3 is 2.50 bits per heavy atom. The number of carbonyl (C=O) groups is 2. The lowest BCUT2D eigenvalue weighted by atomic mass is 10.1. The summed E-state index contributed by atoms with van der Waals surface area (Å²) in [5, 5.41) is 0.0399. The monoisotopic (exact) mass is 423 g/mol. The molecule has 28 heavy (non-hydrogen) atoms. The largest absolute Gasteiger partial charge is 0.340 e. The third-order valence-electron chi connectivity index (χ3n) is 5.74. The molecule has 0 spiro atoms. The lowest BCUT2D eigenvalue weighted by Crippen LogP contribution is -2.50. The number of sulfonamides is 1. The van der Waals surface area contributed by atoms with Gasteiger partial charge < -0.3 is 9.80 Å². The van der Waals surface area contributed by atoms with E-state index in [2.05, 4.69) is 0 Å². The molecule has 0 unspecified atom stereocenters. The van der Waals surface area contributed by atoms with Crippen molar-refractivity contribution in [3.05, 3.63) is 29.3 Å². The zero-order chi connectivity index (χ0) is 19.7. The Hall–Kier alpha value is -1.58. The van der Waals surface area contributed by atoms with E-state index < -0.39 is 10.0 Å². The number of rotatable bonds is 5. The fourth-order valence-electron chi connectivity index (χ4n) is 4.05. The van der Waals surface area contributed by atoms with Crippen LogP contribution in [-0.2, 0) is 27.7 Å². The van der Waals surface area contributed by atoms with Crippen LogP contribution >= 0.6 is 11.8 Å². The molecule has 9 heteroatoms. The summed E-state index contributed by atoms with van der Waals surface area (Å²) in [5.41, 5.74) is 2.40. The Labute approximate surface area is 170 Å². The molecule has 2 fully saturated rings. The summed E-state index contributed by atoms with van der Waals surface area (Å²) in [6, 6.07) is 5.47. The van der Waals surface area contributed by atoms with Gasteiger partial charge in [0.1, 0.15) is 0 Å². The van der Waals surface area contributed by atoms with Crippen LogP contribution in [0.4, 0.5) is 4.79 Å². The highest BCUT2D eigenvalue weighted by molar-refractivity contribution is 8.13. The molecule has 2 amide bonds. The van der Waals surface area contributed by atoms with Crippen molar-refractivity contribution in [3.63, 3.8) is 0 Å². The van der Waals surface area contributed by atoms with Crippen LogP contribution in [0.3, 0.4) is 0 Å². The van der Waals surface area contributed by atoms with Crippen molar-refractivity contribution in [2.75, 3.05) is 45.0 Å². The summed E-state index contributed by atoms with van der Waals surface area (Å²) in [7, 11) is -3.53. The fraction of sp³-hybridized carbons (Fsp3) is 0.579. The molecule has 152 valence electrons. The lowest BCUT2D eigenvalue weighted by Gasteiger charge is -2.34. The van der Waals surface area contributed by atoms with Crippen LogP contribution in [-0.4, -0.2) is 78.7 Å². The van der Waals surface area contributed by atoms with Crippen molar-refractivity contribution < 1.29 is 18.0 Å². The van der Waals surface area contributed by atoms with Gasteiger partial charge in [-0.1, -0.05) is 17.8 Å². The van der Waals surface area contributed by atoms with Gasteiger partial charge in [0, 0.05) is 51.4 Å². The summed E-state index contributed by atoms with van der Waals surface area (Å²) in [5.74, 6) is 0.769. The van der Waals surface area contributed by atoms with Crippen molar-refractivity contribution >= 4 is 32.9 Å². The summed E-state index contributed by atoms with van der Waals surface area (Å²) in [6.45, 7) is 2.55. The first-order chi connectivity index (χ1) is 13.4. The Balaban J connectivity index is 1.33. The molecule has 2 aliphatic heterocycles. The quantitative estimate of drug-likeness (QED) is 0.718. The van der Waals surface area contributed by atoms with Crippen molar-refractivity contribution in [2.24, 2.45) is 0 Å². The molecule has 0 atom stereocenters. The number of piperazine rings is 1. The molecule has 1 aromatic carbocycles. The summed E-state index contributed by atoms with van der Waals surface area (Å²) in [4.78, 5) is 27.8. The predicted octanol–water partition coefficient (Wildman–Crippen LogP) is 1.57. The first-order valence-corrected chi connectivity index (χ1v) is 12.2. The molecule has 0 radical (unpaired) electrons. The maximum atomic E-state index is 13.0. The van der Waals surface area contributed by atoms with E-state index in [4.69, 9.17) is 0 Å². The number of benzene rings is 1. The highest BCUT2D eigenvalue weighted by atomic mass is 32.2. The summed E-state index contributed by atoms with van der Waals surface area (Å²) >= 11 is 1.29. The summed E-state index contributed by atoms with van der Waals surface area (Å²) in [6.07, 6.45) is 3.35. The fourth-order valence-corrected chi connectivity index (χ4v) is 6.38. The Morgan fingerprint density at radius 1 is 1.04 bits per heavy atom. The average molecular weight is 424 g/mol. The van der Waals surface area contributed by atoms with Crippen molar-refractivity contribution in [1.82, 2.24) is 14.1 Å². The van der Waals surface area contributed by atoms with Gasteiger partial charge in [-0.15, -0.1) is 0 Å². The number of nitrogens with zero attached hydrogens (tertiary/aromatic N) is 3. The molecule has 2 heterocycles. The van der Waals surface area contributed by atoms with E-state index >= 15 is 0 Å². The Morgan fingerprint density at radius 2 is 1.79 bits per heavy atom. The Kier molecular flexibility index (Phi) is 5.66. The molecule has 0 bridgehead atoms. The van der Waals surface area contributed by atoms with Gasteiger partial charge in [0.25, 0.3) is 5.24 Å². The maximum absolute atomic E-state index is 13.0. The van der Waals surface area contributed by atoms with Gasteiger partial charge in [-0.05, 0) is 42.5 Å². The van der Waals surface area contributed by atoms with Crippen molar-refractivity contribution in [3.8, 4) is 0 Å². The van der Waals surface area contributed by atoms with Crippen LogP contribution in [0.5, 0.6) is 0 Å². The average Bonchev–Trinajstić information content (AvgIpc) is 3.34. The minimum atomic E-state index is -3.53.